The van der Waals surface area contributed by atoms with Crippen LogP contribution in [-0.2, 0) is 17.2 Å². The first kappa shape index (κ1) is 25.4. The van der Waals surface area contributed by atoms with Gasteiger partial charge >= 0.3 is 0 Å². The molecule has 1 aliphatic carbocycles. The molecule has 198 valence electrons. The monoisotopic (exact) mass is 536 g/mol. The van der Waals surface area contributed by atoms with Gasteiger partial charge in [-0.3, -0.25) is 4.79 Å². The van der Waals surface area contributed by atoms with Crippen molar-refractivity contribution in [3.63, 3.8) is 0 Å². The number of ketones is 1. The van der Waals surface area contributed by atoms with E-state index in [0.717, 1.165) is 40.3 Å². The number of Topliss-reactive ketones (excluding diaryl/α,β-unsaturated/α-hetero) is 1. The molecule has 1 atom stereocenters. The first-order valence-electron chi connectivity index (χ1n) is 13.3. The Balaban J connectivity index is 1.29. The third-order valence-corrected chi connectivity index (χ3v) is 8.15. The number of nitrogens with one attached hydrogen (secondary N) is 1. The van der Waals surface area contributed by atoms with Gasteiger partial charge < -0.3 is 10.1 Å². The summed E-state index contributed by atoms with van der Waals surface area (Å²) in [6.07, 6.45) is 1.31. The van der Waals surface area contributed by atoms with Gasteiger partial charge in [0, 0.05) is 23.4 Å². The van der Waals surface area contributed by atoms with Gasteiger partial charge in [0.2, 0.25) is 11.1 Å². The topological polar surface area (TPSA) is 69.0 Å². The van der Waals surface area contributed by atoms with Crippen molar-refractivity contribution < 1.29 is 9.53 Å². The normalized spacial score (nSPS) is 17.8. The van der Waals surface area contributed by atoms with Crippen molar-refractivity contribution in [2.24, 2.45) is 5.41 Å². The largest absolute Gasteiger partial charge is 0.489 e. The molecule has 0 spiro atoms. The van der Waals surface area contributed by atoms with Crippen LogP contribution in [0.3, 0.4) is 0 Å². The third kappa shape index (κ3) is 5.50. The Morgan fingerprint density at radius 1 is 0.974 bits per heavy atom. The van der Waals surface area contributed by atoms with Gasteiger partial charge in [-0.05, 0) is 47.6 Å². The molecule has 1 unspecified atom stereocenters. The Morgan fingerprint density at radius 2 is 1.72 bits per heavy atom. The molecule has 0 radical (unpaired) electrons. The highest BCUT2D eigenvalue weighted by Crippen LogP contribution is 2.46. The van der Waals surface area contributed by atoms with E-state index in [2.05, 4.69) is 62.5 Å². The second-order valence-electron chi connectivity index (χ2n) is 11.1. The van der Waals surface area contributed by atoms with Gasteiger partial charge in [-0.1, -0.05) is 97.9 Å². The van der Waals surface area contributed by atoms with Crippen LogP contribution in [-0.4, -0.2) is 20.5 Å². The fraction of sp³-hybridized carbons (Fsp3) is 0.281. The highest BCUT2D eigenvalue weighted by molar-refractivity contribution is 7.98. The minimum Gasteiger partial charge on any atom is -0.489 e. The van der Waals surface area contributed by atoms with Crippen molar-refractivity contribution in [2.45, 2.75) is 57.2 Å². The minimum atomic E-state index is -0.329. The predicted molar refractivity (Wildman–Crippen MR) is 155 cm³/mol. The molecule has 0 saturated heterocycles. The van der Waals surface area contributed by atoms with Gasteiger partial charge in [0.25, 0.3) is 0 Å². The van der Waals surface area contributed by atoms with E-state index in [1.165, 1.54) is 11.1 Å². The van der Waals surface area contributed by atoms with E-state index in [9.17, 15) is 4.79 Å². The molecule has 1 N–H and O–H groups in total. The standard InChI is InChI=1S/C32H32N4O2S/c1-21-9-11-22(12-10-21)19-38-25-15-13-24(14-16-25)29-28-26(17-32(2,3)18-27(28)37)33-30-34-31(35-36(29)30)39-20-23-7-5-4-6-8-23/h4-16,29H,17-20H2,1-3H3,(H,33,34,35). The first-order valence-corrected chi connectivity index (χ1v) is 14.3. The number of hydrogen-bond acceptors (Lipinski definition) is 6. The molecule has 2 heterocycles. The maximum Gasteiger partial charge on any atom is 0.227 e. The number of rotatable bonds is 7. The smallest absolute Gasteiger partial charge is 0.227 e. The number of aromatic nitrogens is 3. The van der Waals surface area contributed by atoms with E-state index in [0.29, 0.717) is 24.1 Å². The average Bonchev–Trinajstić information content (AvgIpc) is 3.33. The highest BCUT2D eigenvalue weighted by Gasteiger charge is 2.41. The zero-order chi connectivity index (χ0) is 27.0. The number of anilines is 1. The van der Waals surface area contributed by atoms with Crippen molar-refractivity contribution >= 4 is 23.5 Å². The van der Waals surface area contributed by atoms with Crippen LogP contribution in [0.5, 0.6) is 5.75 Å². The molecular formula is C32H32N4O2S. The lowest BCUT2D eigenvalue weighted by Crippen LogP contribution is -2.36. The minimum absolute atomic E-state index is 0.103. The molecule has 0 saturated carbocycles. The highest BCUT2D eigenvalue weighted by atomic mass is 32.2. The number of nitrogens with zero attached hydrogens (tertiary/aromatic N) is 3. The summed E-state index contributed by atoms with van der Waals surface area (Å²) in [5.41, 5.74) is 6.21. The number of thioether (sulfide) groups is 1. The van der Waals surface area contributed by atoms with Crippen molar-refractivity contribution in [3.05, 3.63) is 112 Å². The summed E-state index contributed by atoms with van der Waals surface area (Å²) in [6.45, 7) is 6.87. The van der Waals surface area contributed by atoms with E-state index in [-0.39, 0.29) is 17.2 Å². The fourth-order valence-electron chi connectivity index (χ4n) is 5.28. The third-order valence-electron chi connectivity index (χ3n) is 7.25. The van der Waals surface area contributed by atoms with Crippen LogP contribution < -0.4 is 10.1 Å². The van der Waals surface area contributed by atoms with Crippen LogP contribution in [0.2, 0.25) is 0 Å². The first-order chi connectivity index (χ1) is 18.8. The van der Waals surface area contributed by atoms with Crippen molar-refractivity contribution in [1.29, 1.82) is 0 Å². The summed E-state index contributed by atoms with van der Waals surface area (Å²) in [4.78, 5) is 18.3. The van der Waals surface area contributed by atoms with Crippen molar-refractivity contribution in [2.75, 3.05) is 5.32 Å². The molecule has 6 nitrogen and oxygen atoms in total. The molecule has 0 bridgehead atoms. The fourth-order valence-corrected chi connectivity index (χ4v) is 6.06. The molecule has 1 aromatic heterocycles. The maximum absolute atomic E-state index is 13.5. The maximum atomic E-state index is 13.5. The Bertz CT molecular complexity index is 1520. The van der Waals surface area contributed by atoms with Crippen LogP contribution in [0.4, 0.5) is 5.95 Å². The van der Waals surface area contributed by atoms with E-state index >= 15 is 0 Å². The number of fused-ring (bicyclic) bond motifs is 1. The number of carbonyl (C=O) groups excluding carboxylic acids is 1. The van der Waals surface area contributed by atoms with Crippen LogP contribution in [0.15, 0.2) is 95.3 Å². The number of ether oxygens (including phenoxy) is 1. The molecule has 7 heteroatoms. The van der Waals surface area contributed by atoms with Gasteiger partial charge in [0.15, 0.2) is 5.78 Å². The number of carbonyl (C=O) groups is 1. The molecule has 39 heavy (non-hydrogen) atoms. The Kier molecular flexibility index (Phi) is 6.77. The SMILES string of the molecule is Cc1ccc(COc2ccc(C3C4=C(CC(C)(C)CC4=O)Nc4nc(SCc5ccccc5)nn43)cc2)cc1. The van der Waals surface area contributed by atoms with Gasteiger partial charge in [0.05, 0.1) is 0 Å². The van der Waals surface area contributed by atoms with Gasteiger partial charge in [-0.25, -0.2) is 4.68 Å². The number of allylic oxidation sites excluding steroid dienone is 2. The second-order valence-corrected chi connectivity index (χ2v) is 12.1. The molecule has 6 rings (SSSR count). The summed E-state index contributed by atoms with van der Waals surface area (Å²) in [6, 6.07) is 26.4. The quantitative estimate of drug-likeness (QED) is 0.254. The molecule has 0 fully saturated rings. The summed E-state index contributed by atoms with van der Waals surface area (Å²) in [5.74, 6) is 2.41. The summed E-state index contributed by atoms with van der Waals surface area (Å²) < 4.78 is 7.93. The number of benzene rings is 3. The lowest BCUT2D eigenvalue weighted by atomic mass is 9.73. The van der Waals surface area contributed by atoms with Gasteiger partial charge in [-0.2, -0.15) is 4.98 Å². The Morgan fingerprint density at radius 3 is 2.46 bits per heavy atom. The molecule has 4 aromatic rings. The summed E-state index contributed by atoms with van der Waals surface area (Å²) in [7, 11) is 0. The Hall–Kier alpha value is -3.84. The van der Waals surface area contributed by atoms with Crippen LogP contribution in [0.1, 0.15) is 55.0 Å². The zero-order valence-corrected chi connectivity index (χ0v) is 23.3. The van der Waals surface area contributed by atoms with Crippen LogP contribution >= 0.6 is 11.8 Å². The Labute approximate surface area is 233 Å². The lowest BCUT2D eigenvalue weighted by molar-refractivity contribution is -0.118. The number of hydrogen-bond donors (Lipinski definition) is 1. The van der Waals surface area contributed by atoms with E-state index in [1.807, 2.05) is 47.1 Å². The van der Waals surface area contributed by atoms with E-state index in [1.54, 1.807) is 11.8 Å². The second kappa shape index (κ2) is 10.4. The molecule has 1 aliphatic heterocycles. The van der Waals surface area contributed by atoms with Crippen molar-refractivity contribution in [3.8, 4) is 5.75 Å². The van der Waals surface area contributed by atoms with Crippen LogP contribution in [0.25, 0.3) is 0 Å². The zero-order valence-electron chi connectivity index (χ0n) is 22.5. The average molecular weight is 537 g/mol. The summed E-state index contributed by atoms with van der Waals surface area (Å²) >= 11 is 1.60. The molecular weight excluding hydrogens is 504 g/mol. The predicted octanol–water partition coefficient (Wildman–Crippen LogP) is 7.12. The molecule has 3 aromatic carbocycles. The van der Waals surface area contributed by atoms with Crippen LogP contribution in [0, 0.1) is 12.3 Å². The summed E-state index contributed by atoms with van der Waals surface area (Å²) in [5, 5.41) is 9.04. The molecule has 0 amide bonds. The molecule has 2 aliphatic rings. The van der Waals surface area contributed by atoms with E-state index in [4.69, 9.17) is 14.8 Å². The van der Waals surface area contributed by atoms with Crippen molar-refractivity contribution in [1.82, 2.24) is 14.8 Å². The van der Waals surface area contributed by atoms with Gasteiger partial charge in [0.1, 0.15) is 18.4 Å². The van der Waals surface area contributed by atoms with Gasteiger partial charge in [-0.15, -0.1) is 5.10 Å². The number of aryl methyl sites for hydroxylation is 1. The van der Waals surface area contributed by atoms with E-state index < -0.39 is 0 Å². The lowest BCUT2D eigenvalue weighted by Gasteiger charge is -2.38.